The van der Waals surface area contributed by atoms with Gasteiger partial charge in [0.05, 0.1) is 22.4 Å². The van der Waals surface area contributed by atoms with Crippen LogP contribution in [0, 0.1) is 0 Å². The van der Waals surface area contributed by atoms with E-state index < -0.39 is 9.84 Å². The minimum Gasteiger partial charge on any atom is -0.336 e. The topological polar surface area (TPSA) is 52.0 Å². The average molecular weight is 361 g/mol. The number of imidazole rings is 1. The van der Waals surface area contributed by atoms with E-state index in [0.29, 0.717) is 11.4 Å². The fourth-order valence-corrected chi connectivity index (χ4v) is 4.10. The molecule has 0 amide bonds. The molecule has 3 rings (SSSR count). The Kier molecular flexibility index (Phi) is 5.02. The molecule has 0 N–H and O–H groups in total. The molecule has 1 unspecified atom stereocenters. The predicted molar refractivity (Wildman–Crippen MR) is 94.6 cm³/mol. The molecule has 0 aliphatic rings. The van der Waals surface area contributed by atoms with E-state index in [1.807, 2.05) is 41.1 Å². The Balaban J connectivity index is 1.73. The van der Waals surface area contributed by atoms with E-state index in [4.69, 9.17) is 11.6 Å². The summed E-state index contributed by atoms with van der Waals surface area (Å²) in [5, 5.41) is -0.245. The predicted octanol–water partition coefficient (Wildman–Crippen LogP) is 3.84. The molecule has 4 nitrogen and oxygen atoms in total. The highest BCUT2D eigenvalue weighted by Crippen LogP contribution is 2.25. The van der Waals surface area contributed by atoms with Crippen molar-refractivity contribution in [3.8, 4) is 0 Å². The van der Waals surface area contributed by atoms with Crippen molar-refractivity contribution in [2.75, 3.05) is 0 Å². The van der Waals surface area contributed by atoms with Crippen LogP contribution in [0.3, 0.4) is 0 Å². The zero-order valence-electron chi connectivity index (χ0n) is 12.9. The van der Waals surface area contributed by atoms with Gasteiger partial charge in [0, 0.05) is 18.9 Å². The molecular weight excluding hydrogens is 344 g/mol. The van der Waals surface area contributed by atoms with Gasteiger partial charge in [0.1, 0.15) is 0 Å². The number of sulfone groups is 1. The molecule has 1 heterocycles. The summed E-state index contributed by atoms with van der Waals surface area (Å²) in [5.74, 6) is -0.00741. The molecule has 3 aromatic rings. The van der Waals surface area contributed by atoms with Crippen LogP contribution >= 0.6 is 11.6 Å². The van der Waals surface area contributed by atoms with Gasteiger partial charge in [0.25, 0.3) is 0 Å². The van der Waals surface area contributed by atoms with E-state index in [9.17, 15) is 8.42 Å². The molecule has 0 saturated heterocycles. The van der Waals surface area contributed by atoms with E-state index in [1.54, 1.807) is 36.8 Å². The van der Waals surface area contributed by atoms with Crippen LogP contribution < -0.4 is 0 Å². The van der Waals surface area contributed by atoms with Gasteiger partial charge in [-0.2, -0.15) is 0 Å². The summed E-state index contributed by atoms with van der Waals surface area (Å²) in [6, 6.07) is 15.9. The van der Waals surface area contributed by atoms with Crippen molar-refractivity contribution in [1.82, 2.24) is 9.55 Å². The van der Waals surface area contributed by atoms with Gasteiger partial charge in [-0.15, -0.1) is 11.6 Å². The van der Waals surface area contributed by atoms with E-state index in [2.05, 4.69) is 4.98 Å². The molecule has 0 radical (unpaired) electrons. The molecule has 24 heavy (non-hydrogen) atoms. The number of hydrogen-bond acceptors (Lipinski definition) is 3. The third-order valence-electron chi connectivity index (χ3n) is 3.73. The van der Waals surface area contributed by atoms with Crippen LogP contribution in [0.5, 0.6) is 0 Å². The van der Waals surface area contributed by atoms with Gasteiger partial charge < -0.3 is 4.57 Å². The zero-order chi connectivity index (χ0) is 17.0. The molecule has 0 aliphatic carbocycles. The summed E-state index contributed by atoms with van der Waals surface area (Å²) < 4.78 is 26.9. The molecule has 1 atom stereocenters. The molecule has 0 bridgehead atoms. The van der Waals surface area contributed by atoms with Crippen LogP contribution in [0.2, 0.25) is 0 Å². The van der Waals surface area contributed by atoms with Crippen LogP contribution in [0.1, 0.15) is 16.5 Å². The van der Waals surface area contributed by atoms with E-state index >= 15 is 0 Å². The normalized spacial score (nSPS) is 12.9. The fourth-order valence-electron chi connectivity index (χ4n) is 2.45. The lowest BCUT2D eigenvalue weighted by Gasteiger charge is -2.11. The Hall–Kier alpha value is -2.11. The first-order valence-corrected chi connectivity index (χ1v) is 9.60. The molecular formula is C18H17ClN2O2S. The van der Waals surface area contributed by atoms with Crippen LogP contribution in [-0.4, -0.2) is 18.0 Å². The highest BCUT2D eigenvalue weighted by Gasteiger charge is 2.16. The van der Waals surface area contributed by atoms with Crippen molar-refractivity contribution >= 4 is 21.4 Å². The summed E-state index contributed by atoms with van der Waals surface area (Å²) >= 11 is 6.40. The summed E-state index contributed by atoms with van der Waals surface area (Å²) in [6.45, 7) is 0.581. The Morgan fingerprint density at radius 3 is 2.38 bits per heavy atom. The van der Waals surface area contributed by atoms with Gasteiger partial charge in [-0.3, -0.25) is 0 Å². The van der Waals surface area contributed by atoms with Crippen molar-refractivity contribution in [2.24, 2.45) is 0 Å². The van der Waals surface area contributed by atoms with Crippen molar-refractivity contribution in [3.63, 3.8) is 0 Å². The first kappa shape index (κ1) is 16.7. The lowest BCUT2D eigenvalue weighted by molar-refractivity contribution is 0.595. The van der Waals surface area contributed by atoms with Gasteiger partial charge in [-0.1, -0.05) is 42.5 Å². The first-order chi connectivity index (χ1) is 11.5. The fraction of sp³-hybridized carbons (Fsp3) is 0.167. The SMILES string of the molecule is O=S(=O)(Cc1ccccc1)c1ccc(C(Cl)Cn2ccnc2)cc1. The van der Waals surface area contributed by atoms with Crippen LogP contribution in [0.4, 0.5) is 0 Å². The number of alkyl halides is 1. The molecule has 1 aromatic heterocycles. The van der Waals surface area contributed by atoms with Crippen LogP contribution in [0.15, 0.2) is 78.2 Å². The molecule has 0 fully saturated rings. The van der Waals surface area contributed by atoms with Crippen LogP contribution in [-0.2, 0) is 22.1 Å². The smallest absolute Gasteiger partial charge is 0.182 e. The van der Waals surface area contributed by atoms with Crippen molar-refractivity contribution in [2.45, 2.75) is 22.6 Å². The highest BCUT2D eigenvalue weighted by atomic mass is 35.5. The zero-order valence-corrected chi connectivity index (χ0v) is 14.5. The Morgan fingerprint density at radius 2 is 1.75 bits per heavy atom. The number of halogens is 1. The molecule has 0 saturated carbocycles. The van der Waals surface area contributed by atoms with Gasteiger partial charge in [-0.05, 0) is 23.3 Å². The number of rotatable bonds is 6. The van der Waals surface area contributed by atoms with Crippen LogP contribution in [0.25, 0.3) is 0 Å². The summed E-state index contributed by atoms with van der Waals surface area (Å²) in [4.78, 5) is 4.29. The van der Waals surface area contributed by atoms with Gasteiger partial charge in [-0.25, -0.2) is 13.4 Å². The average Bonchev–Trinajstić information content (AvgIpc) is 3.08. The maximum atomic E-state index is 12.5. The second-order valence-corrected chi connectivity index (χ2v) is 8.06. The Morgan fingerprint density at radius 1 is 1.04 bits per heavy atom. The molecule has 2 aromatic carbocycles. The van der Waals surface area contributed by atoms with Gasteiger partial charge in [0.2, 0.25) is 0 Å². The van der Waals surface area contributed by atoms with Crippen molar-refractivity contribution in [3.05, 3.63) is 84.4 Å². The standard InChI is InChI=1S/C18H17ClN2O2S/c19-18(12-21-11-10-20-14-21)16-6-8-17(9-7-16)24(22,23)13-15-4-2-1-3-5-15/h1-11,14,18H,12-13H2. The lowest BCUT2D eigenvalue weighted by Crippen LogP contribution is -2.06. The first-order valence-electron chi connectivity index (χ1n) is 7.51. The van der Waals surface area contributed by atoms with E-state index in [0.717, 1.165) is 11.1 Å². The monoisotopic (exact) mass is 360 g/mol. The number of hydrogen-bond donors (Lipinski definition) is 0. The maximum absolute atomic E-state index is 12.5. The van der Waals surface area contributed by atoms with Crippen molar-refractivity contribution < 1.29 is 8.42 Å². The summed E-state index contributed by atoms with van der Waals surface area (Å²) in [6.07, 6.45) is 5.24. The molecule has 6 heteroatoms. The third kappa shape index (κ3) is 4.04. The van der Waals surface area contributed by atoms with Gasteiger partial charge in [0.15, 0.2) is 9.84 Å². The molecule has 0 spiro atoms. The minimum absolute atomic E-state index is 0.00741. The lowest BCUT2D eigenvalue weighted by atomic mass is 10.1. The van der Waals surface area contributed by atoms with Crippen molar-refractivity contribution in [1.29, 1.82) is 0 Å². The minimum atomic E-state index is -3.36. The Bertz CT molecular complexity index is 877. The molecule has 124 valence electrons. The maximum Gasteiger partial charge on any atom is 0.182 e. The second-order valence-electron chi connectivity index (χ2n) is 5.54. The highest BCUT2D eigenvalue weighted by molar-refractivity contribution is 7.90. The third-order valence-corrected chi connectivity index (χ3v) is 5.82. The van der Waals surface area contributed by atoms with E-state index in [-0.39, 0.29) is 11.1 Å². The Labute approximate surface area is 146 Å². The molecule has 0 aliphatic heterocycles. The second kappa shape index (κ2) is 7.20. The summed E-state index contributed by atoms with van der Waals surface area (Å²) in [7, 11) is -3.36. The quantitative estimate of drug-likeness (QED) is 0.627. The van der Waals surface area contributed by atoms with Gasteiger partial charge >= 0.3 is 0 Å². The summed E-state index contributed by atoms with van der Waals surface area (Å²) in [5.41, 5.74) is 1.65. The number of benzene rings is 2. The number of nitrogens with zero attached hydrogens (tertiary/aromatic N) is 2. The van der Waals surface area contributed by atoms with E-state index in [1.165, 1.54) is 0 Å². The number of aromatic nitrogens is 2. The largest absolute Gasteiger partial charge is 0.336 e.